The fourth-order valence-corrected chi connectivity index (χ4v) is 3.79. The van der Waals surface area contributed by atoms with Crippen molar-refractivity contribution in [2.75, 3.05) is 4.72 Å². The average molecular weight is 369 g/mol. The van der Waals surface area contributed by atoms with Gasteiger partial charge in [0.15, 0.2) is 0 Å². The van der Waals surface area contributed by atoms with Crippen molar-refractivity contribution in [3.05, 3.63) is 58.6 Å². The van der Waals surface area contributed by atoms with Crippen molar-refractivity contribution in [2.24, 2.45) is 0 Å². The predicted molar refractivity (Wildman–Crippen MR) is 80.1 cm³/mol. The lowest BCUT2D eigenvalue weighted by Gasteiger charge is -2.10. The molecule has 0 saturated carbocycles. The number of benzene rings is 2. The van der Waals surface area contributed by atoms with Crippen LogP contribution in [0, 0.1) is 0 Å². The van der Waals surface area contributed by atoms with Gasteiger partial charge in [0.2, 0.25) is 0 Å². The third-order valence-corrected chi connectivity index (χ3v) is 5.07. The van der Waals surface area contributed by atoms with E-state index in [1.54, 1.807) is 18.2 Å². The molecule has 0 amide bonds. The maximum atomic E-state index is 12.2. The highest BCUT2D eigenvalue weighted by Crippen LogP contribution is 2.23. The van der Waals surface area contributed by atoms with Gasteiger partial charge in [-0.1, -0.05) is 24.3 Å². The number of aliphatic carboxylic acids is 1. The molecular formula is C14H11BrNO4S-. The zero-order valence-corrected chi connectivity index (χ0v) is 13.1. The smallest absolute Gasteiger partial charge is 0.263 e. The van der Waals surface area contributed by atoms with Crippen molar-refractivity contribution in [1.82, 2.24) is 0 Å². The minimum Gasteiger partial charge on any atom is -0.550 e. The van der Waals surface area contributed by atoms with E-state index in [0.29, 0.717) is 15.7 Å². The second-order valence-corrected chi connectivity index (χ2v) is 6.79. The van der Waals surface area contributed by atoms with Crippen LogP contribution >= 0.6 is 15.9 Å². The summed E-state index contributed by atoms with van der Waals surface area (Å²) in [4.78, 5) is 10.6. The Kier molecular flexibility index (Phi) is 4.64. The highest BCUT2D eigenvalue weighted by Gasteiger charge is 2.16. The van der Waals surface area contributed by atoms with Crippen molar-refractivity contribution in [3.8, 4) is 0 Å². The van der Waals surface area contributed by atoms with E-state index in [4.69, 9.17) is 0 Å². The molecule has 2 aromatic rings. The molecular weight excluding hydrogens is 358 g/mol. The highest BCUT2D eigenvalue weighted by molar-refractivity contribution is 9.10. The molecule has 0 radical (unpaired) electrons. The first kappa shape index (κ1) is 15.5. The van der Waals surface area contributed by atoms with Gasteiger partial charge in [-0.25, -0.2) is 8.42 Å². The van der Waals surface area contributed by atoms with Gasteiger partial charge >= 0.3 is 0 Å². The third-order valence-electron chi connectivity index (χ3n) is 2.68. The van der Waals surface area contributed by atoms with Crippen LogP contribution in [-0.4, -0.2) is 14.4 Å². The Bertz CT molecular complexity index is 757. The summed E-state index contributed by atoms with van der Waals surface area (Å²) < 4.78 is 27.4. The zero-order chi connectivity index (χ0) is 15.5. The normalized spacial score (nSPS) is 11.1. The molecule has 0 aliphatic rings. The van der Waals surface area contributed by atoms with Crippen LogP contribution in [-0.2, 0) is 21.2 Å². The van der Waals surface area contributed by atoms with Crippen molar-refractivity contribution in [3.63, 3.8) is 0 Å². The van der Waals surface area contributed by atoms with Crippen molar-refractivity contribution < 1.29 is 18.3 Å². The summed E-state index contributed by atoms with van der Waals surface area (Å²) in [5, 5.41) is 10.5. The Hall–Kier alpha value is -1.86. The van der Waals surface area contributed by atoms with Crippen LogP contribution in [0.15, 0.2) is 57.9 Å². The molecule has 0 unspecified atom stereocenters. The van der Waals surface area contributed by atoms with E-state index in [1.807, 2.05) is 0 Å². The Labute approximate surface area is 130 Å². The highest BCUT2D eigenvalue weighted by atomic mass is 79.9. The number of carbonyl (C=O) groups is 1. The van der Waals surface area contributed by atoms with E-state index in [0.717, 1.165) is 0 Å². The number of anilines is 1. The van der Waals surface area contributed by atoms with E-state index in [-0.39, 0.29) is 11.3 Å². The van der Waals surface area contributed by atoms with Gasteiger partial charge in [0.25, 0.3) is 10.0 Å². The maximum absolute atomic E-state index is 12.2. The molecule has 0 saturated heterocycles. The van der Waals surface area contributed by atoms with Gasteiger partial charge in [0.05, 0.1) is 0 Å². The number of carbonyl (C=O) groups excluding carboxylic acids is 1. The van der Waals surface area contributed by atoms with Gasteiger partial charge in [-0.05, 0) is 45.8 Å². The molecule has 0 fully saturated rings. The number of sulfonamides is 1. The summed E-state index contributed by atoms with van der Waals surface area (Å²) >= 11 is 3.19. The number of carboxylic acids is 1. The second kappa shape index (κ2) is 6.28. The molecule has 110 valence electrons. The first-order valence-electron chi connectivity index (χ1n) is 5.94. The lowest BCUT2D eigenvalue weighted by atomic mass is 10.1. The maximum Gasteiger partial charge on any atom is 0.263 e. The molecule has 0 aliphatic heterocycles. The molecule has 0 heterocycles. The van der Waals surface area contributed by atoms with Crippen molar-refractivity contribution in [2.45, 2.75) is 11.3 Å². The van der Waals surface area contributed by atoms with Crippen molar-refractivity contribution in [1.29, 1.82) is 0 Å². The summed E-state index contributed by atoms with van der Waals surface area (Å²) in [6, 6.07) is 12.6. The van der Waals surface area contributed by atoms with Crippen LogP contribution in [0.1, 0.15) is 5.56 Å². The van der Waals surface area contributed by atoms with E-state index in [9.17, 15) is 18.3 Å². The molecule has 7 heteroatoms. The zero-order valence-electron chi connectivity index (χ0n) is 10.7. The summed E-state index contributed by atoms with van der Waals surface area (Å²) in [5.41, 5.74) is 0.895. The Morgan fingerprint density at radius 1 is 1.10 bits per heavy atom. The molecule has 0 atom stereocenters. The van der Waals surface area contributed by atoms with Crippen LogP contribution in [0.25, 0.3) is 0 Å². The largest absolute Gasteiger partial charge is 0.550 e. The quantitative estimate of drug-likeness (QED) is 0.866. The average Bonchev–Trinajstić information content (AvgIpc) is 2.40. The number of rotatable bonds is 5. The Morgan fingerprint density at radius 3 is 2.29 bits per heavy atom. The summed E-state index contributed by atoms with van der Waals surface area (Å²) in [6.07, 6.45) is -0.211. The van der Waals surface area contributed by atoms with Crippen LogP contribution in [0.2, 0.25) is 0 Å². The van der Waals surface area contributed by atoms with E-state index < -0.39 is 16.0 Å². The number of hydrogen-bond acceptors (Lipinski definition) is 4. The molecule has 0 bridgehead atoms. The molecule has 2 aromatic carbocycles. The van der Waals surface area contributed by atoms with E-state index >= 15 is 0 Å². The molecule has 0 aromatic heterocycles. The SMILES string of the molecule is O=C([O-])Cc1ccc(NS(=O)(=O)c2ccccc2Br)cc1. The monoisotopic (exact) mass is 368 g/mol. The lowest BCUT2D eigenvalue weighted by molar-refractivity contribution is -0.304. The van der Waals surface area contributed by atoms with Crippen LogP contribution < -0.4 is 9.83 Å². The van der Waals surface area contributed by atoms with Crippen LogP contribution in [0.5, 0.6) is 0 Å². The number of carboxylic acid groups (broad SMARTS) is 1. The minimum atomic E-state index is -3.71. The van der Waals surface area contributed by atoms with Crippen molar-refractivity contribution >= 4 is 37.6 Å². The number of nitrogens with one attached hydrogen (secondary N) is 1. The number of halogens is 1. The standard InChI is InChI=1S/C14H12BrNO4S/c15-12-3-1-2-4-13(12)21(19,20)16-11-7-5-10(6-8-11)9-14(17)18/h1-8,16H,9H2,(H,17,18)/p-1. The van der Waals surface area contributed by atoms with Crippen LogP contribution in [0.4, 0.5) is 5.69 Å². The first-order valence-corrected chi connectivity index (χ1v) is 8.22. The van der Waals surface area contributed by atoms with Gasteiger partial charge < -0.3 is 9.90 Å². The molecule has 0 spiro atoms. The fourth-order valence-electron chi connectivity index (χ4n) is 1.73. The van der Waals surface area contributed by atoms with Gasteiger partial charge in [-0.3, -0.25) is 4.72 Å². The third kappa shape index (κ3) is 4.05. The van der Waals surface area contributed by atoms with Gasteiger partial charge in [-0.15, -0.1) is 0 Å². The molecule has 0 aliphatic carbocycles. The second-order valence-electron chi connectivity index (χ2n) is 4.28. The van der Waals surface area contributed by atoms with Gasteiger partial charge in [0.1, 0.15) is 4.90 Å². The Balaban J connectivity index is 2.21. The Morgan fingerprint density at radius 2 is 1.71 bits per heavy atom. The molecule has 2 rings (SSSR count). The summed E-state index contributed by atoms with van der Waals surface area (Å²) in [7, 11) is -3.71. The first-order chi connectivity index (χ1) is 9.88. The summed E-state index contributed by atoms with van der Waals surface area (Å²) in [6.45, 7) is 0. The van der Waals surface area contributed by atoms with Gasteiger partial charge in [0, 0.05) is 22.6 Å². The topological polar surface area (TPSA) is 86.3 Å². The fraction of sp³-hybridized carbons (Fsp3) is 0.0714. The summed E-state index contributed by atoms with van der Waals surface area (Å²) in [5.74, 6) is -1.18. The number of hydrogen-bond donors (Lipinski definition) is 1. The molecule has 5 nitrogen and oxygen atoms in total. The van der Waals surface area contributed by atoms with E-state index in [2.05, 4.69) is 20.7 Å². The minimum absolute atomic E-state index is 0.129. The van der Waals surface area contributed by atoms with E-state index in [1.165, 1.54) is 30.3 Å². The predicted octanol–water partition coefficient (Wildman–Crippen LogP) is 1.54. The van der Waals surface area contributed by atoms with Crippen LogP contribution in [0.3, 0.4) is 0 Å². The molecule has 1 N–H and O–H groups in total. The molecule has 21 heavy (non-hydrogen) atoms. The lowest BCUT2D eigenvalue weighted by Crippen LogP contribution is -2.24. The van der Waals surface area contributed by atoms with Gasteiger partial charge in [-0.2, -0.15) is 0 Å².